The third-order valence-corrected chi connectivity index (χ3v) is 3.98. The predicted molar refractivity (Wildman–Crippen MR) is 106 cm³/mol. The molecule has 1 aromatic carbocycles. The Morgan fingerprint density at radius 1 is 1.04 bits per heavy atom. The van der Waals surface area contributed by atoms with Gasteiger partial charge < -0.3 is 4.98 Å². The molecule has 1 N–H and O–H groups in total. The van der Waals surface area contributed by atoms with Gasteiger partial charge in [0.25, 0.3) is 0 Å². The van der Waals surface area contributed by atoms with Crippen molar-refractivity contribution in [3.8, 4) is 11.1 Å². The van der Waals surface area contributed by atoms with Crippen LogP contribution in [0.4, 0.5) is 5.69 Å². The fraction of sp³-hybridized carbons (Fsp3) is 0.0952. The van der Waals surface area contributed by atoms with Gasteiger partial charge in [-0.15, -0.1) is 4.91 Å². The summed E-state index contributed by atoms with van der Waals surface area (Å²) >= 11 is 0. The minimum absolute atomic E-state index is 0.193. The van der Waals surface area contributed by atoms with Crippen molar-refractivity contribution in [2.45, 2.75) is 13.8 Å². The van der Waals surface area contributed by atoms with Gasteiger partial charge in [-0.2, -0.15) is 0 Å². The molecule has 0 unspecified atom stereocenters. The van der Waals surface area contributed by atoms with Gasteiger partial charge in [0.05, 0.1) is 0 Å². The molecule has 3 aromatic heterocycles. The molecule has 6 heteroatoms. The zero-order valence-corrected chi connectivity index (χ0v) is 15.0. The van der Waals surface area contributed by atoms with Gasteiger partial charge in [0.2, 0.25) is 0 Å². The first-order valence-electron chi connectivity index (χ1n) is 8.62. The number of fused-ring (bicyclic) bond motifs is 1. The molecule has 0 aliphatic carbocycles. The Kier molecular flexibility index (Phi) is 5.47. The van der Waals surface area contributed by atoms with Crippen molar-refractivity contribution in [1.82, 2.24) is 15.0 Å². The number of nitrogens with one attached hydrogen (secondary N) is 1. The number of nitroso groups, excluding NO2 is 1. The normalized spacial score (nSPS) is 10.1. The standard InChI is InChI=1S/C19H12N4O2.C2H6/c24-18(12-3-1-5-15(7-12)23-25)17-11-22-19-16(17)8-14(10-21-19)13-4-2-6-20-9-13;1-2/h1-11H,(H,21,22);1-2H3. The molecule has 0 saturated carbocycles. The lowest BCUT2D eigenvalue weighted by atomic mass is 10.0. The molecule has 4 rings (SSSR count). The summed E-state index contributed by atoms with van der Waals surface area (Å²) in [5.74, 6) is -0.193. The van der Waals surface area contributed by atoms with Crippen molar-refractivity contribution in [3.05, 3.63) is 83.3 Å². The highest BCUT2D eigenvalue weighted by Crippen LogP contribution is 2.26. The second-order valence-electron chi connectivity index (χ2n) is 5.53. The Bertz CT molecular complexity index is 1090. The van der Waals surface area contributed by atoms with Crippen LogP contribution in [0.3, 0.4) is 0 Å². The third kappa shape index (κ3) is 3.64. The number of aromatic nitrogens is 3. The highest BCUT2D eigenvalue weighted by atomic mass is 16.3. The van der Waals surface area contributed by atoms with Crippen molar-refractivity contribution in [2.75, 3.05) is 0 Å². The van der Waals surface area contributed by atoms with Gasteiger partial charge in [0.1, 0.15) is 11.3 Å². The quantitative estimate of drug-likeness (QED) is 0.397. The zero-order chi connectivity index (χ0) is 19.2. The fourth-order valence-electron chi connectivity index (χ4n) is 2.74. The molecule has 0 aliphatic heterocycles. The summed E-state index contributed by atoms with van der Waals surface area (Å²) in [6.45, 7) is 4.00. The molecule has 0 amide bonds. The average molecular weight is 358 g/mol. The van der Waals surface area contributed by atoms with Crippen molar-refractivity contribution >= 4 is 22.5 Å². The molecule has 0 fully saturated rings. The Hall–Kier alpha value is -3.67. The van der Waals surface area contributed by atoms with Crippen LogP contribution in [0.1, 0.15) is 29.8 Å². The van der Waals surface area contributed by atoms with E-state index in [2.05, 4.69) is 20.1 Å². The Labute approximate surface area is 156 Å². The van der Waals surface area contributed by atoms with Crippen LogP contribution < -0.4 is 0 Å². The van der Waals surface area contributed by atoms with Crippen molar-refractivity contribution in [1.29, 1.82) is 0 Å². The minimum Gasteiger partial charge on any atom is -0.345 e. The molecule has 6 nitrogen and oxygen atoms in total. The molecule has 27 heavy (non-hydrogen) atoms. The molecule has 0 spiro atoms. The van der Waals surface area contributed by atoms with E-state index in [1.807, 2.05) is 32.0 Å². The van der Waals surface area contributed by atoms with Crippen LogP contribution in [0.15, 0.2) is 72.4 Å². The smallest absolute Gasteiger partial charge is 0.195 e. The second-order valence-corrected chi connectivity index (χ2v) is 5.53. The van der Waals surface area contributed by atoms with Gasteiger partial charge in [-0.05, 0) is 29.4 Å². The van der Waals surface area contributed by atoms with E-state index >= 15 is 0 Å². The van der Waals surface area contributed by atoms with Crippen molar-refractivity contribution in [3.63, 3.8) is 0 Å². The zero-order valence-electron chi connectivity index (χ0n) is 15.0. The molecule has 3 heterocycles. The molecule has 0 aliphatic rings. The number of ketones is 1. The first-order valence-corrected chi connectivity index (χ1v) is 8.62. The lowest BCUT2D eigenvalue weighted by Gasteiger charge is -2.03. The molecule has 0 bridgehead atoms. The van der Waals surface area contributed by atoms with Gasteiger partial charge in [-0.1, -0.05) is 32.0 Å². The lowest BCUT2D eigenvalue weighted by molar-refractivity contribution is 0.104. The van der Waals surface area contributed by atoms with Crippen LogP contribution in [-0.2, 0) is 0 Å². The van der Waals surface area contributed by atoms with Crippen LogP contribution in [0, 0.1) is 4.91 Å². The minimum atomic E-state index is -0.193. The predicted octanol–water partition coefficient (Wildman–Crippen LogP) is 5.28. The van der Waals surface area contributed by atoms with E-state index < -0.39 is 0 Å². The molecule has 4 aromatic rings. The number of hydrogen-bond donors (Lipinski definition) is 1. The van der Waals surface area contributed by atoms with Gasteiger partial charge in [-0.25, -0.2) is 4.98 Å². The second kappa shape index (κ2) is 8.14. The van der Waals surface area contributed by atoms with Crippen LogP contribution >= 0.6 is 0 Å². The summed E-state index contributed by atoms with van der Waals surface area (Å²) in [6.07, 6.45) is 6.82. The van der Waals surface area contributed by atoms with Crippen LogP contribution in [-0.4, -0.2) is 20.7 Å². The monoisotopic (exact) mass is 358 g/mol. The topological polar surface area (TPSA) is 88.1 Å². The van der Waals surface area contributed by atoms with E-state index in [4.69, 9.17) is 0 Å². The number of pyridine rings is 2. The van der Waals surface area contributed by atoms with E-state index in [1.165, 1.54) is 6.07 Å². The highest BCUT2D eigenvalue weighted by Gasteiger charge is 2.16. The van der Waals surface area contributed by atoms with Crippen LogP contribution in [0.5, 0.6) is 0 Å². The van der Waals surface area contributed by atoms with Crippen molar-refractivity contribution < 1.29 is 4.79 Å². The molecule has 0 saturated heterocycles. The van der Waals surface area contributed by atoms with Gasteiger partial charge in [0, 0.05) is 52.4 Å². The summed E-state index contributed by atoms with van der Waals surface area (Å²) in [5, 5.41) is 3.60. The molecule has 0 atom stereocenters. The molecular formula is C21H18N4O2. The summed E-state index contributed by atoms with van der Waals surface area (Å²) in [4.78, 5) is 35.0. The van der Waals surface area contributed by atoms with E-state index in [0.29, 0.717) is 16.8 Å². The van der Waals surface area contributed by atoms with Crippen LogP contribution in [0.2, 0.25) is 0 Å². The first-order chi connectivity index (χ1) is 13.3. The molecule has 134 valence electrons. The summed E-state index contributed by atoms with van der Waals surface area (Å²) in [5.41, 5.74) is 3.54. The summed E-state index contributed by atoms with van der Waals surface area (Å²) < 4.78 is 0. The largest absolute Gasteiger partial charge is 0.345 e. The number of rotatable bonds is 4. The average Bonchev–Trinajstić information content (AvgIpc) is 3.18. The number of H-pyrrole nitrogens is 1. The number of nitrogens with zero attached hydrogens (tertiary/aromatic N) is 3. The maximum atomic E-state index is 12.8. The van der Waals surface area contributed by atoms with E-state index in [9.17, 15) is 9.70 Å². The molecule has 0 radical (unpaired) electrons. The number of benzene rings is 1. The number of aromatic amines is 1. The molecular weight excluding hydrogens is 340 g/mol. The van der Waals surface area contributed by atoms with E-state index in [-0.39, 0.29) is 11.5 Å². The van der Waals surface area contributed by atoms with E-state index in [1.54, 1.807) is 43.0 Å². The number of carbonyl (C=O) groups is 1. The Morgan fingerprint density at radius 3 is 2.63 bits per heavy atom. The fourth-order valence-corrected chi connectivity index (χ4v) is 2.74. The Balaban J connectivity index is 0.00000102. The van der Waals surface area contributed by atoms with Gasteiger partial charge >= 0.3 is 0 Å². The van der Waals surface area contributed by atoms with Crippen LogP contribution in [0.25, 0.3) is 22.2 Å². The lowest BCUT2D eigenvalue weighted by Crippen LogP contribution is -2.00. The summed E-state index contributed by atoms with van der Waals surface area (Å²) in [7, 11) is 0. The first kappa shape index (κ1) is 18.1. The third-order valence-electron chi connectivity index (χ3n) is 3.98. The van der Waals surface area contributed by atoms with E-state index in [0.717, 1.165) is 16.5 Å². The van der Waals surface area contributed by atoms with Gasteiger partial charge in [-0.3, -0.25) is 9.78 Å². The SMILES string of the molecule is CC.O=Nc1cccc(C(=O)c2c[nH]c3ncc(-c4cccnc4)cc23)c1. The Morgan fingerprint density at radius 2 is 1.89 bits per heavy atom. The highest BCUT2D eigenvalue weighted by molar-refractivity contribution is 6.16. The van der Waals surface area contributed by atoms with Crippen molar-refractivity contribution in [2.24, 2.45) is 5.18 Å². The maximum absolute atomic E-state index is 12.8. The summed E-state index contributed by atoms with van der Waals surface area (Å²) in [6, 6.07) is 12.0. The number of carbonyl (C=O) groups excluding carboxylic acids is 1. The number of hydrogen-bond acceptors (Lipinski definition) is 5. The van der Waals surface area contributed by atoms with Gasteiger partial charge in [0.15, 0.2) is 5.78 Å². The maximum Gasteiger partial charge on any atom is 0.195 e.